The minimum Gasteiger partial charge on any atom is -0.424 e. The topological polar surface area (TPSA) is 33.0 Å². The van der Waals surface area contributed by atoms with Gasteiger partial charge in [0.2, 0.25) is 0 Å². The van der Waals surface area contributed by atoms with Crippen molar-refractivity contribution in [3.63, 3.8) is 0 Å². The second-order valence-electron chi connectivity index (χ2n) is 6.00. The van der Waals surface area contributed by atoms with Crippen molar-refractivity contribution in [1.82, 2.24) is 0 Å². The van der Waals surface area contributed by atoms with Crippen molar-refractivity contribution in [2.24, 2.45) is 0 Å². The molecule has 22 heavy (non-hydrogen) atoms. The molecule has 0 aliphatic heterocycles. The molecule has 0 N–H and O–H groups in total. The summed E-state index contributed by atoms with van der Waals surface area (Å²) in [7, 11) is 0. The summed E-state index contributed by atoms with van der Waals surface area (Å²) < 4.78 is 5.15. The summed E-state index contributed by atoms with van der Waals surface area (Å²) in [4.78, 5) is 0. The summed E-state index contributed by atoms with van der Waals surface area (Å²) in [5.74, 6) is 0. The van der Waals surface area contributed by atoms with E-state index in [4.69, 9.17) is 10.00 Å². The van der Waals surface area contributed by atoms with Crippen molar-refractivity contribution in [1.29, 1.82) is 5.26 Å². The Labute approximate surface area is 139 Å². The second-order valence-corrected chi connectivity index (χ2v) is 6.00. The van der Waals surface area contributed by atoms with E-state index in [2.05, 4.69) is 20.4 Å². The molecule has 2 nitrogen and oxygen atoms in total. The van der Waals surface area contributed by atoms with Crippen molar-refractivity contribution >= 4 is 0 Å². The second kappa shape index (κ2) is 22.3. The van der Waals surface area contributed by atoms with E-state index in [9.17, 15) is 0 Å². The number of rotatable bonds is 14. The molecule has 0 saturated carbocycles. The minimum atomic E-state index is 0.177. The first kappa shape index (κ1) is 23.3. The van der Waals surface area contributed by atoms with Crippen LogP contribution in [0, 0.1) is 11.5 Å². The average molecular weight is 310 g/mol. The van der Waals surface area contributed by atoms with Crippen LogP contribution < -0.4 is 0 Å². The van der Waals surface area contributed by atoms with Crippen LogP contribution in [0.25, 0.3) is 0 Å². The molecule has 0 heterocycles. The molecule has 1 atom stereocenters. The molecule has 0 aromatic carbocycles. The lowest BCUT2D eigenvalue weighted by Crippen LogP contribution is -2.09. The van der Waals surface area contributed by atoms with E-state index in [0.717, 1.165) is 12.8 Å². The third-order valence-corrected chi connectivity index (χ3v) is 3.73. The highest BCUT2D eigenvalue weighted by Crippen LogP contribution is 2.15. The molecular formula is C20H39NO. The largest absolute Gasteiger partial charge is 0.424 e. The lowest BCUT2D eigenvalue weighted by atomic mass is 10.0. The summed E-state index contributed by atoms with van der Waals surface area (Å²) in [5.41, 5.74) is 0. The van der Waals surface area contributed by atoms with Crippen LogP contribution in [0.1, 0.15) is 104 Å². The van der Waals surface area contributed by atoms with Gasteiger partial charge in [-0.1, -0.05) is 77.7 Å². The standard InChI is InChI=1S/C17H33NO.C3H6/c1-3-5-7-8-9-10-11-13-15-17(19-16-18)14-12-6-4-2;1-3-2/h17H,3-15H2,1-2H3;3H,1H2,2H3. The van der Waals surface area contributed by atoms with Gasteiger partial charge in [-0.05, 0) is 32.6 Å². The Morgan fingerprint density at radius 3 is 1.68 bits per heavy atom. The van der Waals surface area contributed by atoms with Gasteiger partial charge in [0.25, 0.3) is 6.26 Å². The van der Waals surface area contributed by atoms with Gasteiger partial charge < -0.3 is 4.74 Å². The average Bonchev–Trinajstić information content (AvgIpc) is 2.51. The van der Waals surface area contributed by atoms with E-state index in [-0.39, 0.29) is 6.10 Å². The van der Waals surface area contributed by atoms with Crippen LogP contribution >= 0.6 is 0 Å². The molecule has 0 saturated heterocycles. The molecular weight excluding hydrogens is 270 g/mol. The number of nitrogens with zero attached hydrogens (tertiary/aromatic N) is 1. The highest BCUT2D eigenvalue weighted by Gasteiger charge is 2.08. The molecule has 130 valence electrons. The zero-order valence-electron chi connectivity index (χ0n) is 15.4. The normalized spacial score (nSPS) is 11.0. The van der Waals surface area contributed by atoms with Crippen molar-refractivity contribution in [2.45, 2.75) is 110 Å². The Bertz CT molecular complexity index is 245. The van der Waals surface area contributed by atoms with Crippen LogP contribution in [-0.2, 0) is 4.74 Å². The highest BCUT2D eigenvalue weighted by molar-refractivity contribution is 4.64. The molecule has 0 radical (unpaired) electrons. The molecule has 2 heteroatoms. The SMILES string of the molecule is C=CC.CCCCCCCCCCC(CCCCC)OC#N. The monoisotopic (exact) mass is 309 g/mol. The molecule has 1 unspecified atom stereocenters. The first-order chi connectivity index (χ1) is 10.8. The predicted octanol–water partition coefficient (Wildman–Crippen LogP) is 7.16. The molecule has 0 spiro atoms. The molecule has 0 amide bonds. The van der Waals surface area contributed by atoms with E-state index < -0.39 is 0 Å². The Morgan fingerprint density at radius 1 is 0.864 bits per heavy atom. The highest BCUT2D eigenvalue weighted by atomic mass is 16.5. The van der Waals surface area contributed by atoms with E-state index >= 15 is 0 Å². The maximum Gasteiger partial charge on any atom is 0.286 e. The molecule has 0 aromatic heterocycles. The Morgan fingerprint density at radius 2 is 1.23 bits per heavy atom. The first-order valence-electron chi connectivity index (χ1n) is 9.38. The summed E-state index contributed by atoms with van der Waals surface area (Å²) in [5, 5.41) is 8.64. The van der Waals surface area contributed by atoms with Gasteiger partial charge in [-0.25, -0.2) is 0 Å². The number of hydrogen-bond donors (Lipinski definition) is 0. The smallest absolute Gasteiger partial charge is 0.286 e. The number of nitriles is 1. The van der Waals surface area contributed by atoms with Gasteiger partial charge >= 0.3 is 0 Å². The molecule has 0 aromatic rings. The van der Waals surface area contributed by atoms with Crippen LogP contribution in [0.4, 0.5) is 0 Å². The number of ether oxygens (including phenoxy) is 1. The van der Waals surface area contributed by atoms with Gasteiger partial charge in [0.1, 0.15) is 6.10 Å². The Balaban J connectivity index is 0. The number of hydrogen-bond acceptors (Lipinski definition) is 2. The number of unbranched alkanes of at least 4 members (excludes halogenated alkanes) is 9. The molecule has 0 fully saturated rings. The van der Waals surface area contributed by atoms with Crippen molar-refractivity contribution < 1.29 is 4.74 Å². The van der Waals surface area contributed by atoms with Gasteiger partial charge in [-0.15, -0.1) is 6.58 Å². The molecule has 0 aliphatic rings. The quantitative estimate of drug-likeness (QED) is 0.194. The van der Waals surface area contributed by atoms with Crippen molar-refractivity contribution in [2.75, 3.05) is 0 Å². The van der Waals surface area contributed by atoms with Crippen molar-refractivity contribution in [3.05, 3.63) is 12.7 Å². The molecule has 0 aliphatic carbocycles. The third-order valence-electron chi connectivity index (χ3n) is 3.73. The van der Waals surface area contributed by atoms with Crippen molar-refractivity contribution in [3.8, 4) is 6.26 Å². The summed E-state index contributed by atoms with van der Waals surface area (Å²) in [6.07, 6.45) is 20.3. The maximum atomic E-state index is 8.64. The lowest BCUT2D eigenvalue weighted by Gasteiger charge is -2.13. The minimum absolute atomic E-state index is 0.177. The maximum absolute atomic E-state index is 8.64. The van der Waals surface area contributed by atoms with E-state index in [0.29, 0.717) is 0 Å². The summed E-state index contributed by atoms with van der Waals surface area (Å²) in [6.45, 7) is 9.71. The summed E-state index contributed by atoms with van der Waals surface area (Å²) in [6, 6.07) is 0. The van der Waals surface area contributed by atoms with Gasteiger partial charge in [-0.3, -0.25) is 0 Å². The Hall–Kier alpha value is -0.970. The van der Waals surface area contributed by atoms with Gasteiger partial charge in [0.05, 0.1) is 0 Å². The first-order valence-corrected chi connectivity index (χ1v) is 9.38. The molecule has 0 bridgehead atoms. The zero-order valence-corrected chi connectivity index (χ0v) is 15.4. The van der Waals surface area contributed by atoms with Crippen LogP contribution in [0.2, 0.25) is 0 Å². The molecule has 0 rings (SSSR count). The van der Waals surface area contributed by atoms with Crippen LogP contribution in [0.5, 0.6) is 0 Å². The van der Waals surface area contributed by atoms with E-state index in [1.54, 1.807) is 6.08 Å². The predicted molar refractivity (Wildman–Crippen MR) is 97.7 cm³/mol. The van der Waals surface area contributed by atoms with Gasteiger partial charge in [0, 0.05) is 0 Å². The third kappa shape index (κ3) is 21.3. The van der Waals surface area contributed by atoms with Crippen LogP contribution in [-0.4, -0.2) is 6.10 Å². The van der Waals surface area contributed by atoms with Gasteiger partial charge in [-0.2, -0.15) is 5.26 Å². The summed E-state index contributed by atoms with van der Waals surface area (Å²) >= 11 is 0. The van der Waals surface area contributed by atoms with Gasteiger partial charge in [0.15, 0.2) is 0 Å². The van der Waals surface area contributed by atoms with E-state index in [1.165, 1.54) is 70.6 Å². The fourth-order valence-corrected chi connectivity index (χ4v) is 2.46. The van der Waals surface area contributed by atoms with Crippen LogP contribution in [0.15, 0.2) is 12.7 Å². The number of allylic oxidation sites excluding steroid dienone is 1. The fourth-order valence-electron chi connectivity index (χ4n) is 2.46. The lowest BCUT2D eigenvalue weighted by molar-refractivity contribution is 0.136. The van der Waals surface area contributed by atoms with Crippen LogP contribution in [0.3, 0.4) is 0 Å². The zero-order chi connectivity index (χ0) is 16.9. The Kier molecular flexibility index (Phi) is 23.6. The fraction of sp³-hybridized carbons (Fsp3) is 0.850. The van der Waals surface area contributed by atoms with E-state index in [1.807, 2.05) is 13.2 Å².